The highest BCUT2D eigenvalue weighted by Gasteiger charge is 2.20. The fourth-order valence-electron chi connectivity index (χ4n) is 2.46. The number of nitrogens with two attached hydrogens (primary N) is 1. The molecule has 0 aliphatic carbocycles. The van der Waals surface area contributed by atoms with E-state index < -0.39 is 0 Å². The van der Waals surface area contributed by atoms with Gasteiger partial charge in [-0.1, -0.05) is 18.2 Å². The Morgan fingerprint density at radius 1 is 1.32 bits per heavy atom. The molecule has 1 fully saturated rings. The Labute approximate surface area is 118 Å². The topological polar surface area (TPSA) is 51.6 Å². The quantitative estimate of drug-likeness (QED) is 0.936. The smallest absolute Gasteiger partial charge is 0.134 e. The molecular formula is C14H19ClN2O2. The molecule has 0 radical (unpaired) electrons. The molecule has 2 aromatic rings. The molecule has 0 spiro atoms. The summed E-state index contributed by atoms with van der Waals surface area (Å²) in [6.07, 6.45) is 2.02. The van der Waals surface area contributed by atoms with Crippen LogP contribution in [0.1, 0.15) is 5.56 Å². The van der Waals surface area contributed by atoms with Gasteiger partial charge in [-0.05, 0) is 6.07 Å². The van der Waals surface area contributed by atoms with Crippen LogP contribution < -0.4 is 5.73 Å². The summed E-state index contributed by atoms with van der Waals surface area (Å²) in [7, 11) is 0. The lowest BCUT2D eigenvalue weighted by Gasteiger charge is -2.32. The lowest BCUT2D eigenvalue weighted by molar-refractivity contribution is -0.0259. The standard InChI is InChI=1S/C14H18N2O2.ClH/c15-7-12-9-16(5-6-17-12)8-11-10-18-14-4-2-1-3-13(11)14;/h1-4,10,12H,5-9,15H2;1H. The van der Waals surface area contributed by atoms with Crippen LogP contribution in [0.5, 0.6) is 0 Å². The van der Waals surface area contributed by atoms with Gasteiger partial charge < -0.3 is 14.9 Å². The molecule has 0 amide bonds. The fourth-order valence-corrected chi connectivity index (χ4v) is 2.46. The Morgan fingerprint density at radius 3 is 3.00 bits per heavy atom. The minimum absolute atomic E-state index is 0. The number of ether oxygens (including phenoxy) is 1. The minimum Gasteiger partial charge on any atom is -0.464 e. The number of fused-ring (bicyclic) bond motifs is 1. The summed E-state index contributed by atoms with van der Waals surface area (Å²) in [6, 6.07) is 8.15. The first-order valence-corrected chi connectivity index (χ1v) is 6.36. The summed E-state index contributed by atoms with van der Waals surface area (Å²) >= 11 is 0. The van der Waals surface area contributed by atoms with Crippen LogP contribution in [0, 0.1) is 0 Å². The van der Waals surface area contributed by atoms with Crippen LogP contribution in [-0.2, 0) is 11.3 Å². The van der Waals surface area contributed by atoms with E-state index >= 15 is 0 Å². The third-order valence-electron chi connectivity index (χ3n) is 3.44. The first kappa shape index (κ1) is 14.3. The van der Waals surface area contributed by atoms with Gasteiger partial charge in [0.1, 0.15) is 5.58 Å². The number of halogens is 1. The molecule has 3 rings (SSSR count). The van der Waals surface area contributed by atoms with Gasteiger partial charge in [-0.15, -0.1) is 12.4 Å². The SMILES string of the molecule is Cl.NCC1CN(Cc2coc3ccccc23)CCO1. The molecule has 1 aromatic carbocycles. The zero-order valence-electron chi connectivity index (χ0n) is 10.7. The van der Waals surface area contributed by atoms with E-state index in [1.54, 1.807) is 0 Å². The summed E-state index contributed by atoms with van der Waals surface area (Å²) in [5.41, 5.74) is 7.85. The number of rotatable bonds is 3. The van der Waals surface area contributed by atoms with Gasteiger partial charge in [0, 0.05) is 37.1 Å². The maximum atomic E-state index is 5.66. The molecule has 5 heteroatoms. The van der Waals surface area contributed by atoms with Crippen molar-refractivity contribution in [2.24, 2.45) is 5.73 Å². The molecular weight excluding hydrogens is 264 g/mol. The Balaban J connectivity index is 0.00000133. The van der Waals surface area contributed by atoms with Gasteiger partial charge in [0.2, 0.25) is 0 Å². The molecule has 1 aliphatic rings. The van der Waals surface area contributed by atoms with Gasteiger partial charge in [0.05, 0.1) is 19.0 Å². The second-order valence-electron chi connectivity index (χ2n) is 4.72. The first-order chi connectivity index (χ1) is 8.86. The molecule has 4 nitrogen and oxygen atoms in total. The summed E-state index contributed by atoms with van der Waals surface area (Å²) in [5, 5.41) is 1.20. The predicted octanol–water partition coefficient (Wildman–Crippen LogP) is 2.01. The number of hydrogen-bond acceptors (Lipinski definition) is 4. The lowest BCUT2D eigenvalue weighted by atomic mass is 10.1. The van der Waals surface area contributed by atoms with Crippen molar-refractivity contribution in [3.05, 3.63) is 36.1 Å². The Hall–Kier alpha value is -1.07. The van der Waals surface area contributed by atoms with E-state index in [2.05, 4.69) is 11.0 Å². The summed E-state index contributed by atoms with van der Waals surface area (Å²) < 4.78 is 11.1. The number of nitrogens with zero attached hydrogens (tertiary/aromatic N) is 1. The van der Waals surface area contributed by atoms with E-state index in [1.165, 1.54) is 10.9 Å². The second kappa shape index (κ2) is 6.39. The van der Waals surface area contributed by atoms with E-state index in [1.807, 2.05) is 24.5 Å². The number of hydrogen-bond donors (Lipinski definition) is 1. The summed E-state index contributed by atoms with van der Waals surface area (Å²) in [4.78, 5) is 2.37. The molecule has 19 heavy (non-hydrogen) atoms. The van der Waals surface area contributed by atoms with Gasteiger partial charge in [-0.3, -0.25) is 4.90 Å². The molecule has 0 saturated carbocycles. The average Bonchev–Trinajstić information content (AvgIpc) is 2.83. The molecule has 1 aromatic heterocycles. The van der Waals surface area contributed by atoms with Crippen LogP contribution in [0.25, 0.3) is 11.0 Å². The normalized spacial score (nSPS) is 20.4. The second-order valence-corrected chi connectivity index (χ2v) is 4.72. The Kier molecular flexibility index (Phi) is 4.82. The third-order valence-corrected chi connectivity index (χ3v) is 3.44. The molecule has 1 atom stereocenters. The molecule has 1 saturated heterocycles. The number of morpholine rings is 1. The number of benzene rings is 1. The number of furan rings is 1. The summed E-state index contributed by atoms with van der Waals surface area (Å²) in [6.45, 7) is 4.10. The molecule has 2 N–H and O–H groups in total. The fraction of sp³-hybridized carbons (Fsp3) is 0.429. The van der Waals surface area contributed by atoms with Crippen LogP contribution in [0.15, 0.2) is 34.9 Å². The van der Waals surface area contributed by atoms with Gasteiger partial charge in [0.15, 0.2) is 0 Å². The van der Waals surface area contributed by atoms with Crippen molar-refractivity contribution in [1.82, 2.24) is 4.90 Å². The van der Waals surface area contributed by atoms with Crippen molar-refractivity contribution in [2.75, 3.05) is 26.2 Å². The van der Waals surface area contributed by atoms with Crippen LogP contribution in [-0.4, -0.2) is 37.2 Å². The molecule has 2 heterocycles. The van der Waals surface area contributed by atoms with E-state index in [0.717, 1.165) is 31.8 Å². The van der Waals surface area contributed by atoms with E-state index in [-0.39, 0.29) is 18.5 Å². The third kappa shape index (κ3) is 3.09. The Bertz CT molecular complexity index is 529. The first-order valence-electron chi connectivity index (χ1n) is 6.36. The highest BCUT2D eigenvalue weighted by molar-refractivity contribution is 5.85. The molecule has 104 valence electrons. The molecule has 0 bridgehead atoms. The lowest BCUT2D eigenvalue weighted by Crippen LogP contribution is -2.45. The largest absolute Gasteiger partial charge is 0.464 e. The van der Waals surface area contributed by atoms with E-state index in [4.69, 9.17) is 14.9 Å². The maximum Gasteiger partial charge on any atom is 0.134 e. The zero-order valence-corrected chi connectivity index (χ0v) is 11.6. The van der Waals surface area contributed by atoms with Crippen molar-refractivity contribution in [2.45, 2.75) is 12.6 Å². The minimum atomic E-state index is 0. The summed E-state index contributed by atoms with van der Waals surface area (Å²) in [5.74, 6) is 0. The van der Waals surface area contributed by atoms with Gasteiger partial charge in [0.25, 0.3) is 0 Å². The zero-order chi connectivity index (χ0) is 12.4. The van der Waals surface area contributed by atoms with Crippen molar-refractivity contribution in [3.63, 3.8) is 0 Å². The van der Waals surface area contributed by atoms with E-state index in [9.17, 15) is 0 Å². The average molecular weight is 283 g/mol. The van der Waals surface area contributed by atoms with Crippen LogP contribution in [0.4, 0.5) is 0 Å². The van der Waals surface area contributed by atoms with Gasteiger partial charge in [-0.2, -0.15) is 0 Å². The van der Waals surface area contributed by atoms with Crippen molar-refractivity contribution >= 4 is 23.4 Å². The van der Waals surface area contributed by atoms with Crippen molar-refractivity contribution < 1.29 is 9.15 Å². The predicted molar refractivity (Wildman–Crippen MR) is 77.5 cm³/mol. The van der Waals surface area contributed by atoms with Crippen LogP contribution >= 0.6 is 12.4 Å². The van der Waals surface area contributed by atoms with Crippen molar-refractivity contribution in [1.29, 1.82) is 0 Å². The maximum absolute atomic E-state index is 5.66. The van der Waals surface area contributed by atoms with Crippen LogP contribution in [0.2, 0.25) is 0 Å². The van der Waals surface area contributed by atoms with E-state index in [0.29, 0.717) is 6.54 Å². The van der Waals surface area contributed by atoms with Crippen LogP contribution in [0.3, 0.4) is 0 Å². The molecule has 1 aliphatic heterocycles. The molecule has 1 unspecified atom stereocenters. The van der Waals surface area contributed by atoms with Gasteiger partial charge in [-0.25, -0.2) is 0 Å². The highest BCUT2D eigenvalue weighted by Crippen LogP contribution is 2.22. The Morgan fingerprint density at radius 2 is 2.16 bits per heavy atom. The highest BCUT2D eigenvalue weighted by atomic mass is 35.5. The monoisotopic (exact) mass is 282 g/mol. The van der Waals surface area contributed by atoms with Crippen molar-refractivity contribution in [3.8, 4) is 0 Å². The van der Waals surface area contributed by atoms with Gasteiger partial charge >= 0.3 is 0 Å². The number of para-hydroxylation sites is 1.